The van der Waals surface area contributed by atoms with Crippen LogP contribution in [0.1, 0.15) is 44.9 Å². The summed E-state index contributed by atoms with van der Waals surface area (Å²) < 4.78 is 0. The monoisotopic (exact) mass is 176 g/mol. The first-order valence-electron chi connectivity index (χ1n) is 5.47. The molecule has 0 saturated carbocycles. The highest BCUT2D eigenvalue weighted by Gasteiger charge is 1.85. The van der Waals surface area contributed by atoms with E-state index in [-0.39, 0.29) is 0 Å². The average Bonchev–Trinajstić information content (AvgIpc) is 2.18. The Kier molecular flexibility index (Phi) is 6.22. The Labute approximate surface area is 82.0 Å². The van der Waals surface area contributed by atoms with Crippen molar-refractivity contribution in [2.24, 2.45) is 0 Å². The zero-order valence-corrected chi connectivity index (χ0v) is 8.41. The summed E-state index contributed by atoms with van der Waals surface area (Å²) in [6, 6.07) is 0. The molecule has 1 aliphatic carbocycles. The Balaban J connectivity index is 2.28. The van der Waals surface area contributed by atoms with Crippen LogP contribution in [0.15, 0.2) is 36.5 Å². The van der Waals surface area contributed by atoms with Crippen molar-refractivity contribution in [3.05, 3.63) is 36.5 Å². The highest BCUT2D eigenvalue weighted by atomic mass is 13.9. The molecule has 0 aromatic rings. The molecule has 0 unspecified atom stereocenters. The van der Waals surface area contributed by atoms with E-state index in [0.717, 1.165) is 0 Å². The second-order valence-electron chi connectivity index (χ2n) is 3.54. The van der Waals surface area contributed by atoms with Crippen molar-refractivity contribution in [2.75, 3.05) is 0 Å². The summed E-state index contributed by atoms with van der Waals surface area (Å²) >= 11 is 0. The van der Waals surface area contributed by atoms with Crippen molar-refractivity contribution in [3.8, 4) is 0 Å². The molecule has 0 nitrogen and oxygen atoms in total. The van der Waals surface area contributed by atoms with E-state index in [0.29, 0.717) is 0 Å². The van der Waals surface area contributed by atoms with Crippen LogP contribution < -0.4 is 0 Å². The molecule has 0 N–H and O–H groups in total. The Morgan fingerprint density at radius 1 is 0.462 bits per heavy atom. The van der Waals surface area contributed by atoms with E-state index in [2.05, 4.69) is 36.5 Å². The molecule has 13 heavy (non-hydrogen) atoms. The summed E-state index contributed by atoms with van der Waals surface area (Å²) in [5.41, 5.74) is 0. The van der Waals surface area contributed by atoms with E-state index < -0.39 is 0 Å². The Hall–Kier alpha value is -0.780. The zero-order valence-electron chi connectivity index (χ0n) is 8.41. The molecule has 0 heterocycles. The smallest absolute Gasteiger partial charge is 0.0345 e. The van der Waals surface area contributed by atoms with Crippen molar-refractivity contribution < 1.29 is 0 Å². The highest BCUT2D eigenvalue weighted by Crippen LogP contribution is 2.05. The molecule has 0 aromatic carbocycles. The van der Waals surface area contributed by atoms with Gasteiger partial charge in [-0.1, -0.05) is 36.5 Å². The number of rotatable bonds is 0. The maximum atomic E-state index is 2.34. The van der Waals surface area contributed by atoms with Gasteiger partial charge in [0.2, 0.25) is 0 Å². The van der Waals surface area contributed by atoms with Crippen LogP contribution in [0.4, 0.5) is 0 Å². The van der Waals surface area contributed by atoms with Crippen molar-refractivity contribution in [1.82, 2.24) is 0 Å². The molecule has 0 atom stereocenters. The minimum absolute atomic E-state index is 1.22. The standard InChI is InChI=1S/C13H20/c1-2-4-6-8-10-12-13-11-9-7-5-3-1/h1-4,11,13H,5-10,12H2. The largest absolute Gasteiger partial charge is 0.0885 e. The molecule has 0 radical (unpaired) electrons. The van der Waals surface area contributed by atoms with Gasteiger partial charge in [0, 0.05) is 0 Å². The summed E-state index contributed by atoms with van der Waals surface area (Å²) in [7, 11) is 0. The predicted molar refractivity (Wildman–Crippen MR) is 59.7 cm³/mol. The van der Waals surface area contributed by atoms with Gasteiger partial charge < -0.3 is 0 Å². The fourth-order valence-electron chi connectivity index (χ4n) is 1.46. The van der Waals surface area contributed by atoms with Crippen LogP contribution in [0.5, 0.6) is 0 Å². The van der Waals surface area contributed by atoms with Crippen LogP contribution in [-0.2, 0) is 0 Å². The number of hydrogen-bond acceptors (Lipinski definition) is 0. The molecule has 1 aliphatic rings. The van der Waals surface area contributed by atoms with E-state index in [9.17, 15) is 0 Å². The third-order valence-electron chi connectivity index (χ3n) is 2.28. The summed E-state index contributed by atoms with van der Waals surface area (Å²) in [5, 5.41) is 0. The topological polar surface area (TPSA) is 0 Å². The van der Waals surface area contributed by atoms with Gasteiger partial charge in [0.05, 0.1) is 0 Å². The molecule has 0 aromatic heterocycles. The van der Waals surface area contributed by atoms with E-state index in [4.69, 9.17) is 0 Å². The molecule has 0 spiro atoms. The van der Waals surface area contributed by atoms with Crippen molar-refractivity contribution in [3.63, 3.8) is 0 Å². The third-order valence-corrected chi connectivity index (χ3v) is 2.28. The lowest BCUT2D eigenvalue weighted by Gasteiger charge is -1.92. The first-order chi connectivity index (χ1) is 6.50. The quantitative estimate of drug-likeness (QED) is 0.480. The Morgan fingerprint density at radius 3 is 1.62 bits per heavy atom. The van der Waals surface area contributed by atoms with Gasteiger partial charge in [-0.05, 0) is 44.9 Å². The van der Waals surface area contributed by atoms with Crippen LogP contribution in [0.25, 0.3) is 0 Å². The second kappa shape index (κ2) is 7.85. The number of allylic oxidation sites excluding steroid dienone is 6. The van der Waals surface area contributed by atoms with Gasteiger partial charge in [-0.3, -0.25) is 0 Å². The minimum Gasteiger partial charge on any atom is -0.0885 e. The van der Waals surface area contributed by atoms with Crippen LogP contribution >= 0.6 is 0 Å². The van der Waals surface area contributed by atoms with E-state index in [1.165, 1.54) is 44.9 Å². The normalized spacial score (nSPS) is 20.3. The fraction of sp³-hybridized carbons (Fsp3) is 0.538. The molecule has 0 amide bonds. The Bertz CT molecular complexity index is 184. The van der Waals surface area contributed by atoms with E-state index in [1.54, 1.807) is 0 Å². The molecular weight excluding hydrogens is 156 g/mol. The SMILES string of the molecule is C1=CCCCC=CCCCCC=C1. The van der Waals surface area contributed by atoms with Gasteiger partial charge in [-0.2, -0.15) is 0 Å². The molecule has 1 rings (SSSR count). The van der Waals surface area contributed by atoms with Gasteiger partial charge >= 0.3 is 0 Å². The maximum absolute atomic E-state index is 2.34. The highest BCUT2D eigenvalue weighted by molar-refractivity contribution is 5.02. The molecule has 0 fully saturated rings. The molecule has 0 aliphatic heterocycles. The summed E-state index contributed by atoms with van der Waals surface area (Å²) in [6.07, 6.45) is 22.5. The third kappa shape index (κ3) is 6.39. The lowest BCUT2D eigenvalue weighted by molar-refractivity contribution is 0.759. The van der Waals surface area contributed by atoms with E-state index >= 15 is 0 Å². The van der Waals surface area contributed by atoms with E-state index in [1.807, 2.05) is 0 Å². The predicted octanol–water partition coefficient (Wildman–Crippen LogP) is 4.40. The zero-order chi connectivity index (χ0) is 9.19. The second-order valence-corrected chi connectivity index (χ2v) is 3.54. The van der Waals surface area contributed by atoms with Gasteiger partial charge in [0.15, 0.2) is 0 Å². The average molecular weight is 176 g/mol. The van der Waals surface area contributed by atoms with Crippen LogP contribution in [0.3, 0.4) is 0 Å². The van der Waals surface area contributed by atoms with Gasteiger partial charge in [-0.25, -0.2) is 0 Å². The van der Waals surface area contributed by atoms with Crippen LogP contribution in [0, 0.1) is 0 Å². The molecule has 0 bridgehead atoms. The first kappa shape index (κ1) is 10.3. The molecule has 0 saturated heterocycles. The maximum Gasteiger partial charge on any atom is -0.0345 e. The summed E-state index contributed by atoms with van der Waals surface area (Å²) in [4.78, 5) is 0. The fourth-order valence-corrected chi connectivity index (χ4v) is 1.46. The summed E-state index contributed by atoms with van der Waals surface area (Å²) in [6.45, 7) is 0. The number of hydrogen-bond donors (Lipinski definition) is 0. The van der Waals surface area contributed by atoms with Gasteiger partial charge in [-0.15, -0.1) is 0 Å². The first-order valence-corrected chi connectivity index (χ1v) is 5.47. The lowest BCUT2D eigenvalue weighted by atomic mass is 10.1. The van der Waals surface area contributed by atoms with Crippen LogP contribution in [0.2, 0.25) is 0 Å². The molecular formula is C13H20. The van der Waals surface area contributed by atoms with Crippen molar-refractivity contribution >= 4 is 0 Å². The van der Waals surface area contributed by atoms with Gasteiger partial charge in [0.25, 0.3) is 0 Å². The van der Waals surface area contributed by atoms with Crippen molar-refractivity contribution in [1.29, 1.82) is 0 Å². The van der Waals surface area contributed by atoms with Crippen LogP contribution in [-0.4, -0.2) is 0 Å². The summed E-state index contributed by atoms with van der Waals surface area (Å²) in [5.74, 6) is 0. The lowest BCUT2D eigenvalue weighted by Crippen LogP contribution is -1.72. The van der Waals surface area contributed by atoms with Crippen molar-refractivity contribution in [2.45, 2.75) is 44.9 Å². The minimum atomic E-state index is 1.22. The molecule has 72 valence electrons. The van der Waals surface area contributed by atoms with Gasteiger partial charge in [0.1, 0.15) is 0 Å². The Morgan fingerprint density at radius 2 is 0.923 bits per heavy atom. The molecule has 0 heteroatoms.